The Labute approximate surface area is 258 Å². The summed E-state index contributed by atoms with van der Waals surface area (Å²) in [5.41, 5.74) is -1.36. The standard InChI is InChI=1S/C31H40F3GeN5O2S/c1-21-19-29(2,3)39(20-21)27-24(28(41)38-43-23-9-7-22(8-10-23)35(4,5)6)11-12-25(36-27)40-17-13-26(37-40)42-18-16-30(14-15-30)31(32,33)34/h7-13,17,21H,14-16,18-20H2,1-6H3,(H,38,41). The van der Waals surface area contributed by atoms with Gasteiger partial charge in [-0.15, -0.1) is 5.10 Å². The van der Waals surface area contributed by atoms with E-state index >= 15 is 0 Å². The summed E-state index contributed by atoms with van der Waals surface area (Å²) in [6.07, 6.45) is -1.37. The second kappa shape index (κ2) is 11.7. The number of anilines is 1. The van der Waals surface area contributed by atoms with Gasteiger partial charge in [0.2, 0.25) is 5.88 Å². The van der Waals surface area contributed by atoms with Gasteiger partial charge in [0.25, 0.3) is 0 Å². The Morgan fingerprint density at radius 2 is 1.81 bits per heavy atom. The van der Waals surface area contributed by atoms with Crippen molar-refractivity contribution in [3.05, 3.63) is 54.2 Å². The van der Waals surface area contributed by atoms with Crippen LogP contribution in [-0.4, -0.2) is 58.8 Å². The number of ether oxygens (including phenoxy) is 1. The maximum atomic E-state index is 13.5. The number of hydrogen-bond donors (Lipinski definition) is 1. The summed E-state index contributed by atoms with van der Waals surface area (Å²) in [6, 6.07) is 13.5. The van der Waals surface area contributed by atoms with E-state index in [2.05, 4.69) is 77.0 Å². The van der Waals surface area contributed by atoms with E-state index < -0.39 is 24.9 Å². The average molecular weight is 676 g/mol. The SMILES string of the molecule is CC1CN(c2nc(-n3ccc(OCCC4(C(F)(F)F)CC4)n3)ccc2C(=O)NSc2cc[c]([Ge]([CH3])([CH3])[CH3])cc2)C(C)(C)C1. The van der Waals surface area contributed by atoms with E-state index in [4.69, 9.17) is 9.72 Å². The zero-order chi connectivity index (χ0) is 31.2. The van der Waals surface area contributed by atoms with Crippen molar-refractivity contribution in [2.75, 3.05) is 18.1 Å². The van der Waals surface area contributed by atoms with Crippen LogP contribution in [0, 0.1) is 11.3 Å². The number of amides is 1. The first-order valence-corrected chi connectivity index (χ1v) is 22.9. The molecule has 0 radical (unpaired) electrons. The fourth-order valence-corrected chi connectivity index (χ4v) is 8.82. The average Bonchev–Trinajstić information content (AvgIpc) is 3.49. The summed E-state index contributed by atoms with van der Waals surface area (Å²) in [4.78, 5) is 21.6. The van der Waals surface area contributed by atoms with E-state index in [9.17, 15) is 18.0 Å². The van der Waals surface area contributed by atoms with E-state index in [0.29, 0.717) is 23.1 Å². The number of carbonyl (C=O) groups excluding carboxylic acids is 1. The van der Waals surface area contributed by atoms with Crippen LogP contribution in [0.25, 0.3) is 5.82 Å². The van der Waals surface area contributed by atoms with E-state index in [1.165, 1.54) is 21.0 Å². The van der Waals surface area contributed by atoms with Crippen LogP contribution in [0.3, 0.4) is 0 Å². The third kappa shape index (κ3) is 7.03. The Morgan fingerprint density at radius 3 is 2.40 bits per heavy atom. The first kappa shape index (κ1) is 31.7. The number of nitrogens with zero attached hydrogens (tertiary/aromatic N) is 4. The van der Waals surface area contributed by atoms with Gasteiger partial charge in [-0.2, -0.15) is 13.2 Å². The molecule has 7 nitrogen and oxygen atoms in total. The van der Waals surface area contributed by atoms with Crippen molar-refractivity contribution in [3.8, 4) is 11.7 Å². The molecule has 43 heavy (non-hydrogen) atoms. The predicted octanol–water partition coefficient (Wildman–Crippen LogP) is 6.99. The van der Waals surface area contributed by atoms with Crippen LogP contribution in [0.4, 0.5) is 19.0 Å². The fourth-order valence-electron chi connectivity index (χ4n) is 5.78. The number of benzene rings is 1. The van der Waals surface area contributed by atoms with Gasteiger partial charge in [0, 0.05) is 12.3 Å². The van der Waals surface area contributed by atoms with Crippen LogP contribution in [0.15, 0.2) is 53.6 Å². The summed E-state index contributed by atoms with van der Waals surface area (Å²) >= 11 is -0.639. The first-order chi connectivity index (χ1) is 20.1. The van der Waals surface area contributed by atoms with Gasteiger partial charge in [0.05, 0.1) is 12.0 Å². The molecule has 12 heteroatoms. The van der Waals surface area contributed by atoms with Crippen molar-refractivity contribution in [2.24, 2.45) is 11.3 Å². The van der Waals surface area contributed by atoms with Gasteiger partial charge in [-0.3, -0.25) is 0 Å². The Hall–Kier alpha value is -2.67. The summed E-state index contributed by atoms with van der Waals surface area (Å²) in [7, 11) is 0. The van der Waals surface area contributed by atoms with Crippen molar-refractivity contribution in [2.45, 2.75) is 80.3 Å². The normalized spacial score (nSPS) is 19.4. The molecule has 0 bridgehead atoms. The molecular formula is C31H40F3GeN5O2S. The topological polar surface area (TPSA) is 72.3 Å². The Balaban J connectivity index is 1.34. The molecule has 1 aromatic carbocycles. The van der Waals surface area contributed by atoms with Crippen LogP contribution in [0.2, 0.25) is 17.3 Å². The van der Waals surface area contributed by atoms with Gasteiger partial charge in [-0.1, -0.05) is 6.92 Å². The van der Waals surface area contributed by atoms with Crippen molar-refractivity contribution in [3.63, 3.8) is 0 Å². The molecule has 1 aliphatic carbocycles. The molecule has 1 aliphatic heterocycles. The molecule has 1 N–H and O–H groups in total. The van der Waals surface area contributed by atoms with Crippen LogP contribution >= 0.6 is 11.9 Å². The Morgan fingerprint density at radius 1 is 1.12 bits per heavy atom. The molecule has 3 heterocycles. The summed E-state index contributed by atoms with van der Waals surface area (Å²) < 4.78 is 51.3. The number of halogens is 3. The quantitative estimate of drug-likeness (QED) is 0.185. The van der Waals surface area contributed by atoms with Gasteiger partial charge in [-0.25, -0.2) is 0 Å². The number of carbonyl (C=O) groups is 1. The molecule has 2 aliphatic rings. The molecule has 232 valence electrons. The van der Waals surface area contributed by atoms with Gasteiger partial charge in [0.15, 0.2) is 0 Å². The van der Waals surface area contributed by atoms with Crippen LogP contribution < -0.4 is 18.8 Å². The zero-order valence-corrected chi connectivity index (χ0v) is 28.5. The Bertz CT molecular complexity index is 1470. The third-order valence-electron chi connectivity index (χ3n) is 8.50. The molecule has 0 spiro atoms. The first-order valence-electron chi connectivity index (χ1n) is 14.7. The number of nitrogens with one attached hydrogen (secondary N) is 1. The fraction of sp³-hybridized carbons (Fsp3) is 0.516. The zero-order valence-electron chi connectivity index (χ0n) is 25.6. The van der Waals surface area contributed by atoms with Gasteiger partial charge in [-0.05, 0) is 19.3 Å². The van der Waals surface area contributed by atoms with Crippen molar-refractivity contribution in [1.29, 1.82) is 0 Å². The number of alkyl halides is 3. The second-order valence-corrected chi connectivity index (χ2v) is 25.1. The maximum absolute atomic E-state index is 13.5. The number of hydrogen-bond acceptors (Lipinski definition) is 6. The molecular weight excluding hydrogens is 636 g/mol. The van der Waals surface area contributed by atoms with Crippen molar-refractivity contribution < 1.29 is 22.7 Å². The molecule has 1 saturated heterocycles. The number of aromatic nitrogens is 3. The molecule has 5 rings (SSSR count). The predicted molar refractivity (Wildman–Crippen MR) is 167 cm³/mol. The number of pyridine rings is 1. The molecule has 2 fully saturated rings. The molecule has 1 amide bonds. The second-order valence-electron chi connectivity index (χ2n) is 13.6. The molecule has 1 unspecified atom stereocenters. The van der Waals surface area contributed by atoms with Crippen molar-refractivity contribution in [1.82, 2.24) is 19.5 Å². The van der Waals surface area contributed by atoms with E-state index in [-0.39, 0.29) is 43.2 Å². The minimum atomic E-state index is -4.21. The van der Waals surface area contributed by atoms with E-state index in [1.807, 2.05) is 0 Å². The monoisotopic (exact) mass is 677 g/mol. The van der Waals surface area contributed by atoms with Gasteiger partial charge >= 0.3 is 180 Å². The Kier molecular flexibility index (Phi) is 8.63. The van der Waals surface area contributed by atoms with Crippen LogP contribution in [0.1, 0.15) is 56.8 Å². The van der Waals surface area contributed by atoms with Crippen molar-refractivity contribution >= 4 is 41.3 Å². The van der Waals surface area contributed by atoms with Crippen LogP contribution in [-0.2, 0) is 0 Å². The van der Waals surface area contributed by atoms with Gasteiger partial charge in [0.1, 0.15) is 0 Å². The molecule has 3 aromatic rings. The summed E-state index contributed by atoms with van der Waals surface area (Å²) in [6.45, 7) is 7.18. The van der Waals surface area contributed by atoms with Gasteiger partial charge < -0.3 is 4.74 Å². The third-order valence-corrected chi connectivity index (χ3v) is 13.6. The molecule has 1 atom stereocenters. The molecule has 1 saturated carbocycles. The number of rotatable bonds is 10. The summed E-state index contributed by atoms with van der Waals surface area (Å²) in [5, 5.41) is 4.41. The van der Waals surface area contributed by atoms with E-state index in [0.717, 1.165) is 17.9 Å². The summed E-state index contributed by atoms with van der Waals surface area (Å²) in [5.74, 6) is 8.52. The minimum absolute atomic E-state index is 0.0621. The van der Waals surface area contributed by atoms with E-state index in [1.54, 1.807) is 24.4 Å². The molecule has 2 aromatic heterocycles. The van der Waals surface area contributed by atoms with Crippen LogP contribution in [0.5, 0.6) is 5.88 Å².